The molecule has 0 aliphatic rings. The molecule has 3 N–H and O–H groups in total. The molecule has 90 valence electrons. The molecule has 1 rings (SSSR count). The highest BCUT2D eigenvalue weighted by Crippen LogP contribution is 2.30. The van der Waals surface area contributed by atoms with Gasteiger partial charge < -0.3 is 11.1 Å². The molecular formula is C12H18BrClN2. The zero-order chi connectivity index (χ0) is 12.1. The highest BCUT2D eigenvalue weighted by molar-refractivity contribution is 9.10. The maximum absolute atomic E-state index is 6.01. The number of rotatable bonds is 5. The third kappa shape index (κ3) is 3.65. The predicted octanol–water partition coefficient (Wildman–Crippen LogP) is 3.75. The van der Waals surface area contributed by atoms with Gasteiger partial charge in [0.2, 0.25) is 0 Å². The van der Waals surface area contributed by atoms with Crippen LogP contribution in [0.5, 0.6) is 0 Å². The van der Waals surface area contributed by atoms with Crippen molar-refractivity contribution >= 4 is 33.2 Å². The van der Waals surface area contributed by atoms with Crippen molar-refractivity contribution in [1.82, 2.24) is 0 Å². The average molecular weight is 306 g/mol. The highest BCUT2D eigenvalue weighted by atomic mass is 79.9. The molecular weight excluding hydrogens is 288 g/mol. The van der Waals surface area contributed by atoms with Gasteiger partial charge in [0.15, 0.2) is 0 Å². The van der Waals surface area contributed by atoms with Crippen molar-refractivity contribution in [2.45, 2.75) is 13.8 Å². The van der Waals surface area contributed by atoms with Crippen LogP contribution in [0.3, 0.4) is 0 Å². The standard InChI is InChI=1S/C12H18BrClN2/c1-8(2)9(6-15)7-16-11-5-3-4-10(14)12(11)13/h3-5,8-9,16H,6-7,15H2,1-2H3. The molecule has 2 nitrogen and oxygen atoms in total. The van der Waals surface area contributed by atoms with Crippen LogP contribution in [0.15, 0.2) is 22.7 Å². The summed E-state index contributed by atoms with van der Waals surface area (Å²) in [6, 6.07) is 5.80. The third-order valence-corrected chi connectivity index (χ3v) is 4.15. The number of halogens is 2. The summed E-state index contributed by atoms with van der Waals surface area (Å²) in [6.07, 6.45) is 0. The quantitative estimate of drug-likeness (QED) is 0.869. The smallest absolute Gasteiger partial charge is 0.0593 e. The lowest BCUT2D eigenvalue weighted by Crippen LogP contribution is -2.27. The molecule has 0 saturated heterocycles. The van der Waals surface area contributed by atoms with E-state index >= 15 is 0 Å². The van der Waals surface area contributed by atoms with Gasteiger partial charge in [-0.1, -0.05) is 31.5 Å². The van der Waals surface area contributed by atoms with Crippen molar-refractivity contribution in [2.75, 3.05) is 18.4 Å². The highest BCUT2D eigenvalue weighted by Gasteiger charge is 2.12. The minimum atomic E-state index is 0.478. The van der Waals surface area contributed by atoms with E-state index in [1.165, 1.54) is 0 Å². The van der Waals surface area contributed by atoms with E-state index in [0.717, 1.165) is 21.7 Å². The van der Waals surface area contributed by atoms with E-state index in [2.05, 4.69) is 35.1 Å². The summed E-state index contributed by atoms with van der Waals surface area (Å²) in [7, 11) is 0. The van der Waals surface area contributed by atoms with Gasteiger partial charge in [-0.2, -0.15) is 0 Å². The third-order valence-electron chi connectivity index (χ3n) is 2.75. The number of hydrogen-bond acceptors (Lipinski definition) is 2. The van der Waals surface area contributed by atoms with E-state index in [-0.39, 0.29) is 0 Å². The van der Waals surface area contributed by atoms with Crippen LogP contribution in [0.2, 0.25) is 5.02 Å². The summed E-state index contributed by atoms with van der Waals surface area (Å²) >= 11 is 9.48. The van der Waals surface area contributed by atoms with E-state index in [0.29, 0.717) is 18.4 Å². The Bertz CT molecular complexity index is 342. The predicted molar refractivity (Wildman–Crippen MR) is 75.0 cm³/mol. The first-order valence-corrected chi connectivity index (χ1v) is 6.61. The maximum atomic E-state index is 6.01. The molecule has 1 atom stereocenters. The Hall–Kier alpha value is -0.250. The van der Waals surface area contributed by atoms with Crippen LogP contribution >= 0.6 is 27.5 Å². The fraction of sp³-hybridized carbons (Fsp3) is 0.500. The van der Waals surface area contributed by atoms with Crippen LogP contribution < -0.4 is 11.1 Å². The number of nitrogens with one attached hydrogen (secondary N) is 1. The van der Waals surface area contributed by atoms with Crippen molar-refractivity contribution in [2.24, 2.45) is 17.6 Å². The van der Waals surface area contributed by atoms with Gasteiger partial charge in [-0.25, -0.2) is 0 Å². The second-order valence-electron chi connectivity index (χ2n) is 4.22. The van der Waals surface area contributed by atoms with Gasteiger partial charge >= 0.3 is 0 Å². The number of benzene rings is 1. The second kappa shape index (κ2) is 6.48. The van der Waals surface area contributed by atoms with Crippen LogP contribution in [-0.4, -0.2) is 13.1 Å². The lowest BCUT2D eigenvalue weighted by atomic mass is 9.96. The molecule has 16 heavy (non-hydrogen) atoms. The Balaban J connectivity index is 2.64. The number of anilines is 1. The molecule has 0 bridgehead atoms. The fourth-order valence-electron chi connectivity index (χ4n) is 1.47. The molecule has 0 aromatic heterocycles. The van der Waals surface area contributed by atoms with Crippen LogP contribution in [0.4, 0.5) is 5.69 Å². The van der Waals surface area contributed by atoms with Gasteiger partial charge in [0.1, 0.15) is 0 Å². The monoisotopic (exact) mass is 304 g/mol. The zero-order valence-electron chi connectivity index (χ0n) is 9.63. The van der Waals surface area contributed by atoms with Crippen molar-refractivity contribution in [3.63, 3.8) is 0 Å². The largest absolute Gasteiger partial charge is 0.384 e. The normalized spacial score (nSPS) is 12.9. The minimum Gasteiger partial charge on any atom is -0.384 e. The molecule has 4 heteroatoms. The Morgan fingerprint density at radius 2 is 2.12 bits per heavy atom. The minimum absolute atomic E-state index is 0.478. The number of nitrogens with two attached hydrogens (primary N) is 1. The summed E-state index contributed by atoms with van der Waals surface area (Å²) in [5.74, 6) is 1.06. The van der Waals surface area contributed by atoms with Gasteiger partial charge in [0, 0.05) is 12.2 Å². The van der Waals surface area contributed by atoms with E-state index in [9.17, 15) is 0 Å². The average Bonchev–Trinajstić information content (AvgIpc) is 2.24. The lowest BCUT2D eigenvalue weighted by molar-refractivity contribution is 0.413. The lowest BCUT2D eigenvalue weighted by Gasteiger charge is -2.20. The first kappa shape index (κ1) is 13.8. The van der Waals surface area contributed by atoms with Crippen molar-refractivity contribution < 1.29 is 0 Å². The van der Waals surface area contributed by atoms with Crippen LogP contribution in [0, 0.1) is 11.8 Å². The number of hydrogen-bond donors (Lipinski definition) is 2. The molecule has 1 aromatic rings. The summed E-state index contributed by atoms with van der Waals surface area (Å²) in [5.41, 5.74) is 6.75. The topological polar surface area (TPSA) is 38.0 Å². The molecule has 0 aliphatic carbocycles. The Kier molecular flexibility index (Phi) is 5.59. The van der Waals surface area contributed by atoms with E-state index < -0.39 is 0 Å². The first-order chi connectivity index (χ1) is 7.56. The summed E-state index contributed by atoms with van der Waals surface area (Å²) in [4.78, 5) is 0. The first-order valence-electron chi connectivity index (χ1n) is 5.44. The van der Waals surface area contributed by atoms with E-state index in [1.54, 1.807) is 0 Å². The molecule has 0 heterocycles. The Morgan fingerprint density at radius 1 is 1.44 bits per heavy atom. The van der Waals surface area contributed by atoms with Gasteiger partial charge in [-0.3, -0.25) is 0 Å². The van der Waals surface area contributed by atoms with Gasteiger partial charge in [0.25, 0.3) is 0 Å². The maximum Gasteiger partial charge on any atom is 0.0593 e. The fourth-order valence-corrected chi connectivity index (χ4v) is 2.05. The summed E-state index contributed by atoms with van der Waals surface area (Å²) in [5, 5.41) is 4.10. The van der Waals surface area contributed by atoms with E-state index in [1.807, 2.05) is 18.2 Å². The molecule has 1 unspecified atom stereocenters. The molecule has 0 saturated carbocycles. The Morgan fingerprint density at radius 3 is 2.69 bits per heavy atom. The molecule has 0 spiro atoms. The second-order valence-corrected chi connectivity index (χ2v) is 5.42. The summed E-state index contributed by atoms with van der Waals surface area (Å²) in [6.45, 7) is 5.94. The summed E-state index contributed by atoms with van der Waals surface area (Å²) < 4.78 is 0.913. The van der Waals surface area contributed by atoms with Crippen LogP contribution in [-0.2, 0) is 0 Å². The van der Waals surface area contributed by atoms with Gasteiger partial charge in [-0.15, -0.1) is 0 Å². The Labute approximate surface area is 111 Å². The van der Waals surface area contributed by atoms with Crippen LogP contribution in [0.1, 0.15) is 13.8 Å². The molecule has 1 aromatic carbocycles. The molecule has 0 amide bonds. The molecule has 0 radical (unpaired) electrons. The van der Waals surface area contributed by atoms with Gasteiger partial charge in [-0.05, 0) is 46.4 Å². The van der Waals surface area contributed by atoms with Crippen molar-refractivity contribution in [3.8, 4) is 0 Å². The zero-order valence-corrected chi connectivity index (χ0v) is 12.0. The van der Waals surface area contributed by atoms with E-state index in [4.69, 9.17) is 17.3 Å². The van der Waals surface area contributed by atoms with Crippen molar-refractivity contribution in [3.05, 3.63) is 27.7 Å². The SMILES string of the molecule is CC(C)C(CN)CNc1cccc(Cl)c1Br. The van der Waals surface area contributed by atoms with Gasteiger partial charge in [0.05, 0.1) is 9.50 Å². The molecule has 0 fully saturated rings. The molecule has 0 aliphatic heterocycles. The van der Waals surface area contributed by atoms with Crippen molar-refractivity contribution in [1.29, 1.82) is 0 Å². The van der Waals surface area contributed by atoms with Crippen LogP contribution in [0.25, 0.3) is 0 Å².